The molecular weight excluding hydrogens is 242 g/mol. The number of hydrogen-bond acceptors (Lipinski definition) is 1. The van der Waals surface area contributed by atoms with Crippen LogP contribution in [0, 0.1) is 19.8 Å². The summed E-state index contributed by atoms with van der Waals surface area (Å²) in [4.78, 5) is 0. The molecule has 1 nitrogen and oxygen atoms in total. The summed E-state index contributed by atoms with van der Waals surface area (Å²) in [6.45, 7) is 8.65. The van der Waals surface area contributed by atoms with Gasteiger partial charge in [0.2, 0.25) is 0 Å². The highest BCUT2D eigenvalue weighted by atomic mass is 35.5. The Bertz CT molecular complexity index is 381. The van der Waals surface area contributed by atoms with Crippen LogP contribution in [0.25, 0.3) is 0 Å². The maximum Gasteiger partial charge on any atom is 0.0456 e. The van der Waals surface area contributed by atoms with Crippen molar-refractivity contribution in [1.82, 2.24) is 0 Å². The van der Waals surface area contributed by atoms with E-state index in [2.05, 4.69) is 33.8 Å². The van der Waals surface area contributed by atoms with Crippen molar-refractivity contribution in [3.63, 3.8) is 0 Å². The van der Waals surface area contributed by atoms with E-state index < -0.39 is 0 Å². The van der Waals surface area contributed by atoms with Crippen LogP contribution in [0.4, 0.5) is 0 Å². The summed E-state index contributed by atoms with van der Waals surface area (Å²) in [6, 6.07) is 4.28. The van der Waals surface area contributed by atoms with E-state index in [9.17, 15) is 0 Å². The average Bonchev–Trinajstić information content (AvgIpc) is 2.33. The molecule has 102 valence electrons. The predicted octanol–water partition coefficient (Wildman–Crippen LogP) is 5.17. The van der Waals surface area contributed by atoms with E-state index in [-0.39, 0.29) is 6.04 Å². The largest absolute Gasteiger partial charge is 0.324 e. The van der Waals surface area contributed by atoms with Crippen LogP contribution >= 0.6 is 11.6 Å². The van der Waals surface area contributed by atoms with Gasteiger partial charge in [0, 0.05) is 11.1 Å². The standard InChI is InChI=1S/C16H26ClN/c1-5-7-13(8-6-2)16(18)14-9-11(3)12(4)10-15(14)17/h9-10,13,16H,5-8,18H2,1-4H3. The third-order valence-corrected chi connectivity index (χ3v) is 4.13. The van der Waals surface area contributed by atoms with Crippen molar-refractivity contribution >= 4 is 11.6 Å². The lowest BCUT2D eigenvalue weighted by atomic mass is 9.86. The van der Waals surface area contributed by atoms with Gasteiger partial charge in [-0.3, -0.25) is 0 Å². The fraction of sp³-hybridized carbons (Fsp3) is 0.625. The quantitative estimate of drug-likeness (QED) is 0.756. The van der Waals surface area contributed by atoms with Gasteiger partial charge < -0.3 is 5.73 Å². The summed E-state index contributed by atoms with van der Waals surface area (Å²) in [5, 5.41) is 0.822. The van der Waals surface area contributed by atoms with Gasteiger partial charge in [0.05, 0.1) is 0 Å². The van der Waals surface area contributed by atoms with Crippen LogP contribution in [0.2, 0.25) is 5.02 Å². The number of hydrogen-bond donors (Lipinski definition) is 1. The molecule has 0 aliphatic carbocycles. The highest BCUT2D eigenvalue weighted by Gasteiger charge is 2.20. The number of aryl methyl sites for hydroxylation is 2. The second-order valence-electron chi connectivity index (χ2n) is 5.32. The topological polar surface area (TPSA) is 26.0 Å². The van der Waals surface area contributed by atoms with Crippen LogP contribution in [-0.4, -0.2) is 0 Å². The van der Waals surface area contributed by atoms with Gasteiger partial charge in [-0.25, -0.2) is 0 Å². The molecule has 0 aliphatic rings. The van der Waals surface area contributed by atoms with Crippen molar-refractivity contribution in [3.05, 3.63) is 33.8 Å². The zero-order valence-corrected chi connectivity index (χ0v) is 12.8. The van der Waals surface area contributed by atoms with Crippen LogP contribution in [-0.2, 0) is 0 Å². The van der Waals surface area contributed by atoms with Gasteiger partial charge in [-0.1, -0.05) is 44.4 Å². The molecule has 0 aliphatic heterocycles. The van der Waals surface area contributed by atoms with Crippen molar-refractivity contribution in [1.29, 1.82) is 0 Å². The first kappa shape index (κ1) is 15.5. The zero-order valence-electron chi connectivity index (χ0n) is 12.1. The first-order valence-corrected chi connectivity index (χ1v) is 7.41. The maximum absolute atomic E-state index is 6.45. The molecule has 1 aromatic carbocycles. The van der Waals surface area contributed by atoms with Gasteiger partial charge >= 0.3 is 0 Å². The molecule has 0 bridgehead atoms. The smallest absolute Gasteiger partial charge is 0.0456 e. The molecule has 0 saturated carbocycles. The maximum atomic E-state index is 6.45. The molecule has 2 heteroatoms. The van der Waals surface area contributed by atoms with Crippen LogP contribution in [0.15, 0.2) is 12.1 Å². The minimum absolute atomic E-state index is 0.0664. The third kappa shape index (κ3) is 3.73. The summed E-state index contributed by atoms with van der Waals surface area (Å²) in [7, 11) is 0. The van der Waals surface area contributed by atoms with Crippen molar-refractivity contribution in [3.8, 4) is 0 Å². The van der Waals surface area contributed by atoms with Crippen LogP contribution < -0.4 is 5.73 Å². The molecule has 1 aromatic rings. The average molecular weight is 268 g/mol. The molecule has 1 rings (SSSR count). The Morgan fingerprint density at radius 3 is 2.06 bits per heavy atom. The van der Waals surface area contributed by atoms with E-state index in [0.717, 1.165) is 10.6 Å². The second-order valence-corrected chi connectivity index (χ2v) is 5.73. The van der Waals surface area contributed by atoms with Crippen molar-refractivity contribution in [2.75, 3.05) is 0 Å². The Labute approximate surface area is 117 Å². The number of halogens is 1. The van der Waals surface area contributed by atoms with Crippen molar-refractivity contribution < 1.29 is 0 Å². The summed E-state index contributed by atoms with van der Waals surface area (Å²) < 4.78 is 0. The highest BCUT2D eigenvalue weighted by molar-refractivity contribution is 6.31. The lowest BCUT2D eigenvalue weighted by Gasteiger charge is -2.25. The molecule has 0 radical (unpaired) electrons. The van der Waals surface area contributed by atoms with E-state index in [1.165, 1.54) is 36.8 Å². The monoisotopic (exact) mass is 267 g/mol. The van der Waals surface area contributed by atoms with Gasteiger partial charge in [0.1, 0.15) is 0 Å². The molecule has 0 spiro atoms. The number of rotatable bonds is 6. The van der Waals surface area contributed by atoms with Gasteiger partial charge in [0.25, 0.3) is 0 Å². The molecule has 0 amide bonds. The lowest BCUT2D eigenvalue weighted by molar-refractivity contribution is 0.368. The van der Waals surface area contributed by atoms with E-state index in [4.69, 9.17) is 17.3 Å². The van der Waals surface area contributed by atoms with E-state index in [1.54, 1.807) is 0 Å². The zero-order chi connectivity index (χ0) is 13.7. The normalized spacial score (nSPS) is 13.1. The fourth-order valence-corrected chi connectivity index (χ4v) is 2.90. The summed E-state index contributed by atoms with van der Waals surface area (Å²) in [5.74, 6) is 0.541. The minimum atomic E-state index is 0.0664. The first-order valence-electron chi connectivity index (χ1n) is 7.03. The fourth-order valence-electron chi connectivity index (χ4n) is 2.56. The van der Waals surface area contributed by atoms with Crippen LogP contribution in [0.3, 0.4) is 0 Å². The number of benzene rings is 1. The van der Waals surface area contributed by atoms with Crippen LogP contribution in [0.1, 0.15) is 62.3 Å². The summed E-state index contributed by atoms with van der Waals surface area (Å²) >= 11 is 6.36. The second kappa shape index (κ2) is 7.16. The SMILES string of the molecule is CCCC(CCC)C(N)c1cc(C)c(C)cc1Cl. The molecular formula is C16H26ClN. The Hall–Kier alpha value is -0.530. The van der Waals surface area contributed by atoms with E-state index >= 15 is 0 Å². The molecule has 1 unspecified atom stereocenters. The molecule has 0 fully saturated rings. The Morgan fingerprint density at radius 1 is 1.06 bits per heavy atom. The molecule has 0 aromatic heterocycles. The Morgan fingerprint density at radius 2 is 1.56 bits per heavy atom. The Kier molecular flexibility index (Phi) is 6.17. The first-order chi connectivity index (χ1) is 8.51. The molecule has 0 saturated heterocycles. The van der Waals surface area contributed by atoms with E-state index in [0.29, 0.717) is 5.92 Å². The third-order valence-electron chi connectivity index (χ3n) is 3.80. The summed E-state index contributed by atoms with van der Waals surface area (Å²) in [6.07, 6.45) is 4.72. The van der Waals surface area contributed by atoms with E-state index in [1.807, 2.05) is 6.07 Å². The molecule has 1 atom stereocenters. The van der Waals surface area contributed by atoms with Gasteiger partial charge in [-0.2, -0.15) is 0 Å². The Balaban J connectivity index is 3.00. The number of nitrogens with two attached hydrogens (primary N) is 1. The molecule has 2 N–H and O–H groups in total. The van der Waals surface area contributed by atoms with Crippen molar-refractivity contribution in [2.24, 2.45) is 11.7 Å². The predicted molar refractivity (Wildman–Crippen MR) is 81.2 cm³/mol. The van der Waals surface area contributed by atoms with Gasteiger partial charge in [-0.15, -0.1) is 0 Å². The lowest BCUT2D eigenvalue weighted by Crippen LogP contribution is -2.22. The molecule has 0 heterocycles. The van der Waals surface area contributed by atoms with Crippen LogP contribution in [0.5, 0.6) is 0 Å². The minimum Gasteiger partial charge on any atom is -0.324 e. The van der Waals surface area contributed by atoms with Gasteiger partial charge in [0.15, 0.2) is 0 Å². The molecule has 18 heavy (non-hydrogen) atoms. The van der Waals surface area contributed by atoms with Crippen molar-refractivity contribution in [2.45, 2.75) is 59.4 Å². The van der Waals surface area contributed by atoms with Gasteiger partial charge in [-0.05, 0) is 55.4 Å². The summed E-state index contributed by atoms with van der Waals surface area (Å²) in [5.41, 5.74) is 10.1. The highest BCUT2D eigenvalue weighted by Crippen LogP contribution is 2.33.